The van der Waals surface area contributed by atoms with E-state index in [2.05, 4.69) is 34.3 Å². The van der Waals surface area contributed by atoms with Gasteiger partial charge < -0.3 is 9.47 Å². The zero-order valence-electron chi connectivity index (χ0n) is 12.2. The van der Waals surface area contributed by atoms with Crippen LogP contribution in [0, 0.1) is 0 Å². The van der Waals surface area contributed by atoms with Crippen LogP contribution >= 0.6 is 0 Å². The molecule has 1 heterocycles. The summed E-state index contributed by atoms with van der Waals surface area (Å²) in [6.45, 7) is 4.09. The largest absolute Gasteiger partial charge is 0.484 e. The molecule has 0 fully saturated rings. The van der Waals surface area contributed by atoms with E-state index in [1.54, 1.807) is 0 Å². The maximum Gasteiger partial charge on any atom is 0.336 e. The Morgan fingerprint density at radius 3 is 2.90 bits per heavy atom. The predicted molar refractivity (Wildman–Crippen MR) is 77.6 cm³/mol. The third kappa shape index (κ3) is 4.20. The minimum Gasteiger partial charge on any atom is -0.484 e. The Balaban J connectivity index is 1.87. The van der Waals surface area contributed by atoms with Crippen LogP contribution in [0.5, 0.6) is 11.8 Å². The lowest BCUT2D eigenvalue weighted by Gasteiger charge is -2.09. The summed E-state index contributed by atoms with van der Waals surface area (Å²) in [5.41, 5.74) is 1.16. The quantitative estimate of drug-likeness (QED) is 0.848. The number of H-pyrrole nitrogens is 1. The SMILES string of the molecule is COc1n[nH]c(NC(=O)COc2cccc(C(C)C)c2)n1. The molecule has 21 heavy (non-hydrogen) atoms. The first-order chi connectivity index (χ1) is 10.1. The highest BCUT2D eigenvalue weighted by Crippen LogP contribution is 2.20. The number of aromatic nitrogens is 3. The van der Waals surface area contributed by atoms with E-state index in [9.17, 15) is 4.79 Å². The second-order valence-corrected chi connectivity index (χ2v) is 4.73. The van der Waals surface area contributed by atoms with E-state index in [-0.39, 0.29) is 24.5 Å². The third-order valence-electron chi connectivity index (χ3n) is 2.80. The van der Waals surface area contributed by atoms with Crippen molar-refractivity contribution >= 4 is 11.9 Å². The number of amides is 1. The summed E-state index contributed by atoms with van der Waals surface area (Å²) in [7, 11) is 1.44. The molecular formula is C14H18N4O3. The summed E-state index contributed by atoms with van der Waals surface area (Å²) < 4.78 is 10.3. The Morgan fingerprint density at radius 1 is 1.43 bits per heavy atom. The van der Waals surface area contributed by atoms with Gasteiger partial charge in [-0.05, 0) is 23.6 Å². The molecule has 1 aromatic carbocycles. The molecule has 7 heteroatoms. The van der Waals surface area contributed by atoms with Crippen LogP contribution in [0.15, 0.2) is 24.3 Å². The van der Waals surface area contributed by atoms with Crippen molar-refractivity contribution in [3.05, 3.63) is 29.8 Å². The predicted octanol–water partition coefficient (Wildman–Crippen LogP) is 1.95. The first-order valence-electron chi connectivity index (χ1n) is 6.57. The molecule has 0 saturated heterocycles. The lowest BCUT2D eigenvalue weighted by molar-refractivity contribution is -0.118. The molecule has 2 N–H and O–H groups in total. The Morgan fingerprint density at radius 2 is 2.24 bits per heavy atom. The number of ether oxygens (including phenoxy) is 2. The van der Waals surface area contributed by atoms with Crippen LogP contribution < -0.4 is 14.8 Å². The van der Waals surface area contributed by atoms with Gasteiger partial charge in [0.15, 0.2) is 6.61 Å². The molecule has 0 unspecified atom stereocenters. The fourth-order valence-corrected chi connectivity index (χ4v) is 1.67. The van der Waals surface area contributed by atoms with E-state index in [0.717, 1.165) is 5.56 Å². The number of nitrogens with zero attached hydrogens (tertiary/aromatic N) is 2. The fourth-order valence-electron chi connectivity index (χ4n) is 1.67. The molecule has 0 aliphatic heterocycles. The van der Waals surface area contributed by atoms with E-state index >= 15 is 0 Å². The monoisotopic (exact) mass is 290 g/mol. The summed E-state index contributed by atoms with van der Waals surface area (Å²) >= 11 is 0. The van der Waals surface area contributed by atoms with Crippen LogP contribution in [0.2, 0.25) is 0 Å². The number of methoxy groups -OCH3 is 1. The molecule has 0 aliphatic carbocycles. The number of nitrogens with one attached hydrogen (secondary N) is 2. The lowest BCUT2D eigenvalue weighted by Crippen LogP contribution is -2.20. The molecule has 7 nitrogen and oxygen atoms in total. The summed E-state index contributed by atoms with van der Waals surface area (Å²) in [4.78, 5) is 15.6. The highest BCUT2D eigenvalue weighted by atomic mass is 16.5. The summed E-state index contributed by atoms with van der Waals surface area (Å²) in [5, 5.41) is 8.79. The Kier molecular flexibility index (Phi) is 4.76. The van der Waals surface area contributed by atoms with Crippen molar-refractivity contribution < 1.29 is 14.3 Å². The molecule has 2 rings (SSSR count). The number of hydrogen-bond donors (Lipinski definition) is 2. The van der Waals surface area contributed by atoms with Gasteiger partial charge in [-0.3, -0.25) is 10.1 Å². The van der Waals surface area contributed by atoms with Crippen LogP contribution in [0.1, 0.15) is 25.3 Å². The van der Waals surface area contributed by atoms with Gasteiger partial charge in [-0.1, -0.05) is 26.0 Å². The zero-order valence-corrected chi connectivity index (χ0v) is 12.2. The second-order valence-electron chi connectivity index (χ2n) is 4.73. The summed E-state index contributed by atoms with van der Waals surface area (Å²) in [5.74, 6) is 0.954. The fraction of sp³-hybridized carbons (Fsp3) is 0.357. The smallest absolute Gasteiger partial charge is 0.336 e. The molecule has 1 amide bonds. The highest BCUT2D eigenvalue weighted by Gasteiger charge is 2.08. The average Bonchev–Trinajstić information content (AvgIpc) is 2.93. The molecule has 1 aromatic heterocycles. The standard InChI is InChI=1S/C14H18N4O3/c1-9(2)10-5-4-6-11(7-10)21-8-12(19)15-13-16-14(20-3)18-17-13/h4-7,9H,8H2,1-3H3,(H2,15,16,17,18,19). The van der Waals surface area contributed by atoms with E-state index in [1.165, 1.54) is 7.11 Å². The van der Waals surface area contributed by atoms with Gasteiger partial charge >= 0.3 is 6.01 Å². The van der Waals surface area contributed by atoms with Crippen molar-refractivity contribution in [2.45, 2.75) is 19.8 Å². The number of benzene rings is 1. The highest BCUT2D eigenvalue weighted by molar-refractivity contribution is 5.90. The third-order valence-corrected chi connectivity index (χ3v) is 2.80. The van der Waals surface area contributed by atoms with Crippen LogP contribution in [-0.2, 0) is 4.79 Å². The van der Waals surface area contributed by atoms with Crippen molar-refractivity contribution in [2.75, 3.05) is 19.0 Å². The van der Waals surface area contributed by atoms with Gasteiger partial charge in [-0.2, -0.15) is 4.98 Å². The topological polar surface area (TPSA) is 89.1 Å². The van der Waals surface area contributed by atoms with Gasteiger partial charge in [0.25, 0.3) is 5.91 Å². The maximum atomic E-state index is 11.7. The number of anilines is 1. The number of hydrogen-bond acceptors (Lipinski definition) is 5. The first-order valence-corrected chi connectivity index (χ1v) is 6.57. The maximum absolute atomic E-state index is 11.7. The number of rotatable bonds is 6. The molecule has 112 valence electrons. The van der Waals surface area contributed by atoms with Gasteiger partial charge in [0.1, 0.15) is 5.75 Å². The van der Waals surface area contributed by atoms with Crippen LogP contribution in [-0.4, -0.2) is 34.8 Å². The zero-order chi connectivity index (χ0) is 15.2. The van der Waals surface area contributed by atoms with E-state index in [1.807, 2.05) is 24.3 Å². The molecule has 0 radical (unpaired) electrons. The van der Waals surface area contributed by atoms with Gasteiger partial charge in [0.05, 0.1) is 7.11 Å². The summed E-state index contributed by atoms with van der Waals surface area (Å²) in [6, 6.07) is 7.84. The van der Waals surface area contributed by atoms with E-state index in [0.29, 0.717) is 11.7 Å². The Labute approximate surface area is 122 Å². The number of aromatic amines is 1. The molecule has 2 aromatic rings. The van der Waals surface area contributed by atoms with Gasteiger partial charge in [-0.25, -0.2) is 5.10 Å². The van der Waals surface area contributed by atoms with Crippen molar-refractivity contribution in [1.82, 2.24) is 15.2 Å². The van der Waals surface area contributed by atoms with Crippen molar-refractivity contribution in [3.8, 4) is 11.8 Å². The van der Waals surface area contributed by atoms with E-state index in [4.69, 9.17) is 9.47 Å². The van der Waals surface area contributed by atoms with Crippen LogP contribution in [0.4, 0.5) is 5.95 Å². The van der Waals surface area contributed by atoms with E-state index < -0.39 is 0 Å². The molecule has 0 atom stereocenters. The second kappa shape index (κ2) is 6.74. The molecule has 0 spiro atoms. The van der Waals surface area contributed by atoms with Crippen LogP contribution in [0.25, 0.3) is 0 Å². The summed E-state index contributed by atoms with van der Waals surface area (Å²) in [6.07, 6.45) is 0. The number of carbonyl (C=O) groups is 1. The normalized spacial score (nSPS) is 10.5. The first kappa shape index (κ1) is 14.8. The van der Waals surface area contributed by atoms with Crippen LogP contribution in [0.3, 0.4) is 0 Å². The Hall–Kier alpha value is -2.57. The molecule has 0 aliphatic rings. The van der Waals surface area contributed by atoms with Gasteiger partial charge in [0, 0.05) is 0 Å². The lowest BCUT2D eigenvalue weighted by atomic mass is 10.0. The van der Waals surface area contributed by atoms with Crippen molar-refractivity contribution in [3.63, 3.8) is 0 Å². The number of carbonyl (C=O) groups excluding carboxylic acids is 1. The van der Waals surface area contributed by atoms with Gasteiger partial charge in [0.2, 0.25) is 5.95 Å². The minimum atomic E-state index is -0.330. The van der Waals surface area contributed by atoms with Crippen molar-refractivity contribution in [1.29, 1.82) is 0 Å². The molecular weight excluding hydrogens is 272 g/mol. The van der Waals surface area contributed by atoms with Crippen molar-refractivity contribution in [2.24, 2.45) is 0 Å². The molecule has 0 saturated carbocycles. The van der Waals surface area contributed by atoms with Gasteiger partial charge in [-0.15, -0.1) is 5.10 Å². The average molecular weight is 290 g/mol. The molecule has 0 bridgehead atoms. The minimum absolute atomic E-state index is 0.107. The Bertz CT molecular complexity index is 610.